The summed E-state index contributed by atoms with van der Waals surface area (Å²) in [6.07, 6.45) is 1.87. The van der Waals surface area contributed by atoms with Gasteiger partial charge >= 0.3 is 0 Å². The van der Waals surface area contributed by atoms with Gasteiger partial charge in [-0.15, -0.1) is 0 Å². The lowest BCUT2D eigenvalue weighted by Crippen LogP contribution is -2.50. The average Bonchev–Trinajstić information content (AvgIpc) is 2.89. The van der Waals surface area contributed by atoms with Gasteiger partial charge in [0.25, 0.3) is 0 Å². The standard InChI is InChI=1S/C30H36ClN3O4S/c1-4-32-30(36)28(21-24-11-6-5-7-12-24)33(22-25-13-8-10-23(2)20-25)29(35)14-9-19-34(39(3,37)38)27-17-15-26(31)16-18-27/h5-8,10-13,15-18,20,28H,4,9,14,19,21-22H2,1-3H3,(H,32,36). The van der Waals surface area contributed by atoms with Crippen molar-refractivity contribution < 1.29 is 18.0 Å². The Hall–Kier alpha value is -3.36. The fourth-order valence-corrected chi connectivity index (χ4v) is 5.56. The van der Waals surface area contributed by atoms with Crippen molar-refractivity contribution in [2.75, 3.05) is 23.7 Å². The van der Waals surface area contributed by atoms with Crippen LogP contribution in [0, 0.1) is 6.92 Å². The molecular formula is C30H36ClN3O4S. The van der Waals surface area contributed by atoms with Crippen LogP contribution in [0.3, 0.4) is 0 Å². The van der Waals surface area contributed by atoms with Gasteiger partial charge in [0, 0.05) is 37.5 Å². The van der Waals surface area contributed by atoms with Crippen LogP contribution < -0.4 is 9.62 Å². The zero-order chi connectivity index (χ0) is 28.4. The predicted molar refractivity (Wildman–Crippen MR) is 157 cm³/mol. The Kier molecular flexibility index (Phi) is 10.9. The van der Waals surface area contributed by atoms with Crippen molar-refractivity contribution in [2.45, 2.75) is 45.7 Å². The van der Waals surface area contributed by atoms with E-state index < -0.39 is 16.1 Å². The number of anilines is 1. The summed E-state index contributed by atoms with van der Waals surface area (Å²) in [5.74, 6) is -0.436. The summed E-state index contributed by atoms with van der Waals surface area (Å²) in [6, 6.07) is 23.3. The number of carbonyl (C=O) groups is 2. The Morgan fingerprint density at radius 3 is 2.23 bits per heavy atom. The van der Waals surface area contributed by atoms with Gasteiger partial charge in [0.2, 0.25) is 21.8 Å². The van der Waals surface area contributed by atoms with E-state index in [1.165, 1.54) is 4.31 Å². The Balaban J connectivity index is 1.85. The minimum atomic E-state index is -3.58. The number of amides is 2. The number of likely N-dealkylation sites (N-methyl/N-ethyl adjacent to an activating group) is 1. The SMILES string of the molecule is CCNC(=O)C(Cc1ccccc1)N(Cc1cccc(C)c1)C(=O)CCCN(c1ccc(Cl)cc1)S(C)(=O)=O. The van der Waals surface area contributed by atoms with Crippen molar-refractivity contribution in [1.29, 1.82) is 0 Å². The molecule has 0 saturated heterocycles. The van der Waals surface area contributed by atoms with E-state index in [1.54, 1.807) is 29.2 Å². The monoisotopic (exact) mass is 569 g/mol. The molecule has 0 bridgehead atoms. The van der Waals surface area contributed by atoms with Crippen LogP contribution in [-0.2, 0) is 32.6 Å². The van der Waals surface area contributed by atoms with Gasteiger partial charge in [-0.05, 0) is 55.7 Å². The Labute approximate surface area is 236 Å². The molecule has 0 aliphatic rings. The van der Waals surface area contributed by atoms with E-state index in [1.807, 2.05) is 68.4 Å². The summed E-state index contributed by atoms with van der Waals surface area (Å²) in [6.45, 7) is 4.66. The van der Waals surface area contributed by atoms with E-state index in [0.717, 1.165) is 22.9 Å². The van der Waals surface area contributed by atoms with E-state index in [0.29, 0.717) is 23.7 Å². The molecule has 1 unspecified atom stereocenters. The quantitative estimate of drug-likeness (QED) is 0.315. The lowest BCUT2D eigenvalue weighted by molar-refractivity contribution is -0.141. The highest BCUT2D eigenvalue weighted by atomic mass is 35.5. The van der Waals surface area contributed by atoms with Gasteiger partial charge in [-0.25, -0.2) is 8.42 Å². The minimum Gasteiger partial charge on any atom is -0.355 e. The highest BCUT2D eigenvalue weighted by Crippen LogP contribution is 2.22. The van der Waals surface area contributed by atoms with Gasteiger partial charge in [0.1, 0.15) is 6.04 Å². The largest absolute Gasteiger partial charge is 0.355 e. The van der Waals surface area contributed by atoms with Gasteiger partial charge < -0.3 is 10.2 Å². The second-order valence-corrected chi connectivity index (χ2v) is 11.9. The third kappa shape index (κ3) is 9.11. The maximum Gasteiger partial charge on any atom is 0.243 e. The van der Waals surface area contributed by atoms with E-state index in [9.17, 15) is 18.0 Å². The van der Waals surface area contributed by atoms with Crippen molar-refractivity contribution in [3.8, 4) is 0 Å². The van der Waals surface area contributed by atoms with E-state index in [-0.39, 0.29) is 37.7 Å². The molecule has 1 N–H and O–H groups in total. The van der Waals surface area contributed by atoms with Crippen LogP contribution >= 0.6 is 11.6 Å². The molecule has 3 aromatic carbocycles. The average molecular weight is 570 g/mol. The van der Waals surface area contributed by atoms with Crippen LogP contribution in [0.25, 0.3) is 0 Å². The molecule has 9 heteroatoms. The summed E-state index contributed by atoms with van der Waals surface area (Å²) >= 11 is 5.97. The smallest absolute Gasteiger partial charge is 0.243 e. The molecule has 0 saturated carbocycles. The summed E-state index contributed by atoms with van der Waals surface area (Å²) in [5, 5.41) is 3.39. The molecule has 0 radical (unpaired) electrons. The van der Waals surface area contributed by atoms with Gasteiger partial charge in [-0.3, -0.25) is 13.9 Å². The maximum atomic E-state index is 13.7. The zero-order valence-electron chi connectivity index (χ0n) is 22.6. The first-order valence-corrected chi connectivity index (χ1v) is 15.2. The molecular weight excluding hydrogens is 534 g/mol. The molecule has 0 aliphatic carbocycles. The summed E-state index contributed by atoms with van der Waals surface area (Å²) in [5.41, 5.74) is 3.41. The van der Waals surface area contributed by atoms with Gasteiger partial charge in [0.05, 0.1) is 11.9 Å². The molecule has 3 rings (SSSR count). The number of benzene rings is 3. The predicted octanol–water partition coefficient (Wildman–Crippen LogP) is 4.97. The number of nitrogens with zero attached hydrogens (tertiary/aromatic N) is 2. The fourth-order valence-electron chi connectivity index (χ4n) is 4.46. The molecule has 0 heterocycles. The Bertz CT molecular complexity index is 1350. The Morgan fingerprint density at radius 2 is 1.62 bits per heavy atom. The lowest BCUT2D eigenvalue weighted by atomic mass is 10.0. The molecule has 1 atom stereocenters. The van der Waals surface area contributed by atoms with Crippen molar-refractivity contribution in [1.82, 2.24) is 10.2 Å². The molecule has 2 amide bonds. The maximum absolute atomic E-state index is 13.7. The van der Waals surface area contributed by atoms with Crippen LogP contribution in [0.1, 0.15) is 36.5 Å². The number of aryl methyl sites for hydroxylation is 1. The lowest BCUT2D eigenvalue weighted by Gasteiger charge is -2.32. The number of rotatable bonds is 13. The van der Waals surface area contributed by atoms with Crippen molar-refractivity contribution in [2.24, 2.45) is 0 Å². The summed E-state index contributed by atoms with van der Waals surface area (Å²) in [7, 11) is -3.58. The number of carbonyl (C=O) groups excluding carboxylic acids is 2. The number of sulfonamides is 1. The van der Waals surface area contributed by atoms with Crippen molar-refractivity contribution in [3.63, 3.8) is 0 Å². The first-order chi connectivity index (χ1) is 18.6. The van der Waals surface area contributed by atoms with Crippen LogP contribution in [-0.4, -0.2) is 50.5 Å². The van der Waals surface area contributed by atoms with Crippen LogP contribution in [0.2, 0.25) is 5.02 Å². The highest BCUT2D eigenvalue weighted by Gasteiger charge is 2.30. The second-order valence-electron chi connectivity index (χ2n) is 9.53. The molecule has 0 spiro atoms. The summed E-state index contributed by atoms with van der Waals surface area (Å²) in [4.78, 5) is 28.6. The van der Waals surface area contributed by atoms with E-state index in [4.69, 9.17) is 11.6 Å². The minimum absolute atomic E-state index is 0.0795. The van der Waals surface area contributed by atoms with Crippen LogP contribution in [0.15, 0.2) is 78.9 Å². The number of hydrogen-bond acceptors (Lipinski definition) is 4. The fraction of sp³-hybridized carbons (Fsp3) is 0.333. The third-order valence-electron chi connectivity index (χ3n) is 6.32. The third-order valence-corrected chi connectivity index (χ3v) is 7.77. The molecule has 3 aromatic rings. The van der Waals surface area contributed by atoms with Crippen molar-refractivity contribution >= 4 is 39.1 Å². The molecule has 0 fully saturated rings. The summed E-state index contributed by atoms with van der Waals surface area (Å²) < 4.78 is 26.3. The van der Waals surface area contributed by atoms with Gasteiger partial charge in [-0.1, -0.05) is 71.8 Å². The zero-order valence-corrected chi connectivity index (χ0v) is 24.2. The van der Waals surface area contributed by atoms with E-state index in [2.05, 4.69) is 5.32 Å². The number of hydrogen-bond donors (Lipinski definition) is 1. The van der Waals surface area contributed by atoms with Gasteiger partial charge in [-0.2, -0.15) is 0 Å². The van der Waals surface area contributed by atoms with Crippen LogP contribution in [0.5, 0.6) is 0 Å². The second kappa shape index (κ2) is 14.1. The molecule has 208 valence electrons. The number of nitrogens with one attached hydrogen (secondary N) is 1. The van der Waals surface area contributed by atoms with Gasteiger partial charge in [0.15, 0.2) is 0 Å². The first-order valence-electron chi connectivity index (χ1n) is 13.0. The van der Waals surface area contributed by atoms with Crippen molar-refractivity contribution in [3.05, 3.63) is 101 Å². The molecule has 7 nitrogen and oxygen atoms in total. The highest BCUT2D eigenvalue weighted by molar-refractivity contribution is 7.92. The number of halogens is 1. The molecule has 0 aromatic heterocycles. The van der Waals surface area contributed by atoms with Crippen LogP contribution in [0.4, 0.5) is 5.69 Å². The normalized spacial score (nSPS) is 12.0. The first kappa shape index (κ1) is 30.2. The Morgan fingerprint density at radius 1 is 0.949 bits per heavy atom. The molecule has 39 heavy (non-hydrogen) atoms. The topological polar surface area (TPSA) is 86.8 Å². The molecule has 0 aliphatic heterocycles. The van der Waals surface area contributed by atoms with E-state index >= 15 is 0 Å².